The highest BCUT2D eigenvalue weighted by molar-refractivity contribution is 7.89. The maximum absolute atomic E-state index is 14.0. The van der Waals surface area contributed by atoms with Gasteiger partial charge in [0, 0.05) is 24.7 Å². The molecule has 0 aliphatic carbocycles. The van der Waals surface area contributed by atoms with E-state index in [1.54, 1.807) is 12.1 Å². The highest BCUT2D eigenvalue weighted by Crippen LogP contribution is 2.35. The SMILES string of the molecule is O=C(O)c1ccccc1Nc1c(S(=O)(=O)N2CCOCC2)cnc2ccc(F)cc12. The fourth-order valence-corrected chi connectivity index (χ4v) is 4.82. The number of hydrogen-bond acceptors (Lipinski definition) is 6. The third-order valence-corrected chi connectivity index (χ3v) is 6.71. The first-order chi connectivity index (χ1) is 14.4. The fraction of sp³-hybridized carbons (Fsp3) is 0.200. The van der Waals surface area contributed by atoms with E-state index in [0.29, 0.717) is 5.52 Å². The number of hydrogen-bond donors (Lipinski definition) is 2. The van der Waals surface area contributed by atoms with Crippen molar-refractivity contribution in [2.75, 3.05) is 31.6 Å². The lowest BCUT2D eigenvalue weighted by Crippen LogP contribution is -2.40. The molecule has 156 valence electrons. The number of para-hydroxylation sites is 1. The van der Waals surface area contributed by atoms with Gasteiger partial charge in [0.25, 0.3) is 0 Å². The van der Waals surface area contributed by atoms with Gasteiger partial charge in [0.2, 0.25) is 10.0 Å². The molecule has 1 aliphatic heterocycles. The monoisotopic (exact) mass is 431 g/mol. The summed E-state index contributed by atoms with van der Waals surface area (Å²) in [5.41, 5.74) is 0.570. The minimum atomic E-state index is -3.99. The lowest BCUT2D eigenvalue weighted by Gasteiger charge is -2.27. The second kappa shape index (κ2) is 7.98. The number of rotatable bonds is 5. The zero-order valence-corrected chi connectivity index (χ0v) is 16.5. The maximum atomic E-state index is 14.0. The molecule has 0 saturated carbocycles. The molecule has 0 atom stereocenters. The minimum absolute atomic E-state index is 0.0476. The number of benzene rings is 2. The quantitative estimate of drug-likeness (QED) is 0.639. The van der Waals surface area contributed by atoms with E-state index in [2.05, 4.69) is 10.3 Å². The van der Waals surface area contributed by atoms with E-state index in [1.165, 1.54) is 40.8 Å². The Bertz CT molecular complexity index is 1230. The van der Waals surface area contributed by atoms with Gasteiger partial charge in [-0.3, -0.25) is 4.98 Å². The van der Waals surface area contributed by atoms with E-state index in [0.717, 1.165) is 0 Å². The number of pyridine rings is 1. The molecular weight excluding hydrogens is 413 g/mol. The lowest BCUT2D eigenvalue weighted by molar-refractivity contribution is 0.0698. The van der Waals surface area contributed by atoms with Crippen molar-refractivity contribution in [1.82, 2.24) is 9.29 Å². The minimum Gasteiger partial charge on any atom is -0.478 e. The van der Waals surface area contributed by atoms with Gasteiger partial charge >= 0.3 is 5.97 Å². The van der Waals surface area contributed by atoms with Gasteiger partial charge in [-0.25, -0.2) is 17.6 Å². The number of nitrogens with zero attached hydrogens (tertiary/aromatic N) is 2. The summed E-state index contributed by atoms with van der Waals surface area (Å²) in [6.45, 7) is 0.877. The van der Waals surface area contributed by atoms with Crippen molar-refractivity contribution >= 4 is 38.3 Å². The number of aromatic nitrogens is 1. The van der Waals surface area contributed by atoms with Crippen LogP contribution >= 0.6 is 0 Å². The normalized spacial score (nSPS) is 15.2. The first kappa shape index (κ1) is 20.2. The van der Waals surface area contributed by atoms with Crippen molar-refractivity contribution in [3.05, 3.63) is 60.0 Å². The number of carbonyl (C=O) groups is 1. The van der Waals surface area contributed by atoms with Gasteiger partial charge in [-0.15, -0.1) is 0 Å². The Morgan fingerprint density at radius 1 is 1.17 bits per heavy atom. The van der Waals surface area contributed by atoms with Crippen LogP contribution in [0.3, 0.4) is 0 Å². The molecule has 0 amide bonds. The van der Waals surface area contributed by atoms with Crippen LogP contribution in [0.4, 0.5) is 15.8 Å². The molecule has 0 radical (unpaired) electrons. The molecule has 0 unspecified atom stereocenters. The first-order valence-corrected chi connectivity index (χ1v) is 10.6. The molecule has 8 nitrogen and oxygen atoms in total. The van der Waals surface area contributed by atoms with Crippen LogP contribution in [0.15, 0.2) is 53.6 Å². The van der Waals surface area contributed by atoms with Crippen molar-refractivity contribution in [3.8, 4) is 0 Å². The van der Waals surface area contributed by atoms with Crippen LogP contribution in [0.2, 0.25) is 0 Å². The molecule has 2 heterocycles. The number of carboxylic acids is 1. The molecule has 0 bridgehead atoms. The van der Waals surface area contributed by atoms with Crippen LogP contribution < -0.4 is 5.32 Å². The molecule has 1 saturated heterocycles. The zero-order chi connectivity index (χ0) is 21.3. The third kappa shape index (κ3) is 3.72. The van der Waals surface area contributed by atoms with Crippen LogP contribution in [0, 0.1) is 5.82 Å². The standard InChI is InChI=1S/C20H18FN3O5S/c21-13-5-6-16-15(11-13)19(23-17-4-2-1-3-14(17)20(25)26)18(12-22-16)30(27,28)24-7-9-29-10-8-24/h1-6,11-12H,7-10H2,(H,22,23)(H,25,26). The van der Waals surface area contributed by atoms with Crippen LogP contribution in [0.1, 0.15) is 10.4 Å². The first-order valence-electron chi connectivity index (χ1n) is 9.13. The lowest BCUT2D eigenvalue weighted by atomic mass is 10.1. The van der Waals surface area contributed by atoms with Crippen molar-refractivity contribution in [2.45, 2.75) is 4.90 Å². The molecule has 1 aromatic heterocycles. The average Bonchev–Trinajstić information content (AvgIpc) is 2.75. The summed E-state index contributed by atoms with van der Waals surface area (Å²) in [5, 5.41) is 12.6. The smallest absolute Gasteiger partial charge is 0.337 e. The fourth-order valence-electron chi connectivity index (χ4n) is 3.31. The van der Waals surface area contributed by atoms with E-state index in [1.807, 2.05) is 0 Å². The Morgan fingerprint density at radius 2 is 1.90 bits per heavy atom. The van der Waals surface area contributed by atoms with E-state index >= 15 is 0 Å². The molecule has 30 heavy (non-hydrogen) atoms. The van der Waals surface area contributed by atoms with Gasteiger partial charge in [-0.2, -0.15) is 4.31 Å². The number of carboxylic acid groups (broad SMARTS) is 1. The van der Waals surface area contributed by atoms with Crippen LogP contribution in [-0.2, 0) is 14.8 Å². The predicted octanol–water partition coefficient (Wildman–Crippen LogP) is 2.84. The third-order valence-electron chi connectivity index (χ3n) is 4.80. The molecule has 4 rings (SSSR count). The summed E-state index contributed by atoms with van der Waals surface area (Å²) < 4.78 is 47.2. The average molecular weight is 431 g/mol. The van der Waals surface area contributed by atoms with Crippen LogP contribution in [-0.4, -0.2) is 55.1 Å². The van der Waals surface area contributed by atoms with Crippen molar-refractivity contribution in [2.24, 2.45) is 0 Å². The Labute approximate surface area is 172 Å². The zero-order valence-electron chi connectivity index (χ0n) is 15.7. The highest BCUT2D eigenvalue weighted by atomic mass is 32.2. The maximum Gasteiger partial charge on any atom is 0.337 e. The number of sulfonamides is 1. The Morgan fingerprint density at radius 3 is 2.63 bits per heavy atom. The summed E-state index contributed by atoms with van der Waals surface area (Å²) in [5.74, 6) is -1.75. The summed E-state index contributed by atoms with van der Waals surface area (Å²) in [4.78, 5) is 15.6. The largest absolute Gasteiger partial charge is 0.478 e. The van der Waals surface area contributed by atoms with Crippen molar-refractivity contribution in [3.63, 3.8) is 0 Å². The second-order valence-electron chi connectivity index (χ2n) is 6.65. The van der Waals surface area contributed by atoms with Crippen molar-refractivity contribution in [1.29, 1.82) is 0 Å². The van der Waals surface area contributed by atoms with Gasteiger partial charge < -0.3 is 15.2 Å². The molecule has 1 fully saturated rings. The molecule has 3 aromatic rings. The highest BCUT2D eigenvalue weighted by Gasteiger charge is 2.30. The van der Waals surface area contributed by atoms with E-state index in [4.69, 9.17) is 4.74 Å². The van der Waals surface area contributed by atoms with Crippen molar-refractivity contribution < 1.29 is 27.4 Å². The van der Waals surface area contributed by atoms with E-state index in [9.17, 15) is 22.7 Å². The van der Waals surface area contributed by atoms with Gasteiger partial charge in [-0.1, -0.05) is 12.1 Å². The molecule has 2 N–H and O–H groups in total. The molecule has 2 aromatic carbocycles. The number of aromatic carboxylic acids is 1. The van der Waals surface area contributed by atoms with Crippen LogP contribution in [0.5, 0.6) is 0 Å². The summed E-state index contributed by atoms with van der Waals surface area (Å²) in [6, 6.07) is 9.92. The van der Waals surface area contributed by atoms with Gasteiger partial charge in [-0.05, 0) is 30.3 Å². The Kier molecular flexibility index (Phi) is 5.37. The topological polar surface area (TPSA) is 109 Å². The summed E-state index contributed by atoms with van der Waals surface area (Å²) in [6.07, 6.45) is 1.21. The number of halogens is 1. The second-order valence-corrected chi connectivity index (χ2v) is 8.56. The van der Waals surface area contributed by atoms with E-state index < -0.39 is 21.8 Å². The van der Waals surface area contributed by atoms with Crippen LogP contribution in [0.25, 0.3) is 10.9 Å². The van der Waals surface area contributed by atoms with Gasteiger partial charge in [0.1, 0.15) is 10.7 Å². The number of morpholine rings is 1. The van der Waals surface area contributed by atoms with Gasteiger partial charge in [0.15, 0.2) is 0 Å². The number of anilines is 2. The van der Waals surface area contributed by atoms with Gasteiger partial charge in [0.05, 0.1) is 35.7 Å². The Balaban J connectivity index is 1.93. The number of nitrogens with one attached hydrogen (secondary N) is 1. The number of fused-ring (bicyclic) bond motifs is 1. The summed E-state index contributed by atoms with van der Waals surface area (Å²) >= 11 is 0. The summed E-state index contributed by atoms with van der Waals surface area (Å²) in [7, 11) is -3.99. The molecule has 1 aliphatic rings. The molecular formula is C20H18FN3O5S. The van der Waals surface area contributed by atoms with E-state index in [-0.39, 0.29) is 53.5 Å². The Hall–Kier alpha value is -3.08. The predicted molar refractivity (Wildman–Crippen MR) is 108 cm³/mol. The molecule has 10 heteroatoms. The molecule has 0 spiro atoms. The number of ether oxygens (including phenoxy) is 1.